The van der Waals surface area contributed by atoms with Gasteiger partial charge in [0.05, 0.1) is 12.7 Å². The van der Waals surface area contributed by atoms with Gasteiger partial charge in [-0.15, -0.1) is 0 Å². The van der Waals surface area contributed by atoms with Gasteiger partial charge < -0.3 is 9.47 Å². The minimum absolute atomic E-state index is 0.0924. The molecule has 0 saturated heterocycles. The molecule has 0 aliphatic heterocycles. The largest absolute Gasteiger partial charge is 0.350 e. The van der Waals surface area contributed by atoms with Crippen molar-refractivity contribution in [2.24, 2.45) is 0 Å². The van der Waals surface area contributed by atoms with Gasteiger partial charge >= 0.3 is 0 Å². The summed E-state index contributed by atoms with van der Waals surface area (Å²) in [6, 6.07) is 10.2. The van der Waals surface area contributed by atoms with Crippen LogP contribution in [0.3, 0.4) is 0 Å². The molecule has 0 spiro atoms. The summed E-state index contributed by atoms with van der Waals surface area (Å²) in [6.45, 7) is 6.73. The highest BCUT2D eigenvalue weighted by molar-refractivity contribution is 5.13. The fourth-order valence-corrected chi connectivity index (χ4v) is 1.32. The molecule has 84 valence electrons. The fraction of sp³-hybridized carbons (Fsp3) is 0.538. The Bertz CT molecular complexity index is 256. The number of hydrogen-bond acceptors (Lipinski definition) is 2. The van der Waals surface area contributed by atoms with E-state index in [0.717, 1.165) is 6.42 Å². The Morgan fingerprint density at radius 2 is 1.80 bits per heavy atom. The lowest BCUT2D eigenvalue weighted by molar-refractivity contribution is -0.170. The molecule has 0 radical (unpaired) electrons. The fourth-order valence-electron chi connectivity index (χ4n) is 1.32. The zero-order valence-corrected chi connectivity index (χ0v) is 9.77. The standard InChI is InChI=1S/C13H20O2/c1-4-13(15-11(2)3)14-10-12-8-6-5-7-9-12/h5-9,11,13H,4,10H2,1-3H3. The van der Waals surface area contributed by atoms with Gasteiger partial charge in [0.1, 0.15) is 0 Å². The highest BCUT2D eigenvalue weighted by Gasteiger charge is 2.08. The van der Waals surface area contributed by atoms with Gasteiger partial charge in [-0.25, -0.2) is 0 Å². The van der Waals surface area contributed by atoms with Gasteiger partial charge in [-0.2, -0.15) is 0 Å². The van der Waals surface area contributed by atoms with Crippen LogP contribution in [-0.2, 0) is 16.1 Å². The van der Waals surface area contributed by atoms with Crippen LogP contribution in [-0.4, -0.2) is 12.4 Å². The van der Waals surface area contributed by atoms with Crippen molar-refractivity contribution in [3.8, 4) is 0 Å². The highest BCUT2D eigenvalue weighted by Crippen LogP contribution is 2.08. The molecule has 2 nitrogen and oxygen atoms in total. The van der Waals surface area contributed by atoms with Gasteiger partial charge in [0.25, 0.3) is 0 Å². The predicted molar refractivity (Wildman–Crippen MR) is 61.5 cm³/mol. The molecule has 0 N–H and O–H groups in total. The van der Waals surface area contributed by atoms with Crippen LogP contribution in [0.4, 0.5) is 0 Å². The molecule has 0 aliphatic rings. The Labute approximate surface area is 92.2 Å². The number of benzene rings is 1. The predicted octanol–water partition coefficient (Wildman–Crippen LogP) is 3.36. The van der Waals surface area contributed by atoms with E-state index in [2.05, 4.69) is 19.1 Å². The van der Waals surface area contributed by atoms with Gasteiger partial charge in [0.15, 0.2) is 6.29 Å². The summed E-state index contributed by atoms with van der Waals surface area (Å²) in [5, 5.41) is 0. The van der Waals surface area contributed by atoms with E-state index < -0.39 is 0 Å². The van der Waals surface area contributed by atoms with Crippen molar-refractivity contribution >= 4 is 0 Å². The van der Waals surface area contributed by atoms with Gasteiger partial charge in [-0.3, -0.25) is 0 Å². The summed E-state index contributed by atoms with van der Waals surface area (Å²) in [7, 11) is 0. The van der Waals surface area contributed by atoms with Gasteiger partial charge in [-0.05, 0) is 25.8 Å². The minimum Gasteiger partial charge on any atom is -0.350 e. The molecule has 0 bridgehead atoms. The maximum absolute atomic E-state index is 5.67. The summed E-state index contributed by atoms with van der Waals surface area (Å²) < 4.78 is 11.3. The molecule has 0 amide bonds. The molecule has 1 aromatic carbocycles. The molecule has 2 heteroatoms. The van der Waals surface area contributed by atoms with Gasteiger partial charge in [-0.1, -0.05) is 37.3 Å². The van der Waals surface area contributed by atoms with Crippen molar-refractivity contribution in [3.05, 3.63) is 35.9 Å². The third kappa shape index (κ3) is 4.96. The lowest BCUT2D eigenvalue weighted by Gasteiger charge is -2.19. The highest BCUT2D eigenvalue weighted by atomic mass is 16.7. The monoisotopic (exact) mass is 208 g/mol. The Morgan fingerprint density at radius 1 is 1.13 bits per heavy atom. The van der Waals surface area contributed by atoms with E-state index in [1.54, 1.807) is 0 Å². The summed E-state index contributed by atoms with van der Waals surface area (Å²) in [5.74, 6) is 0. The molecule has 1 atom stereocenters. The van der Waals surface area contributed by atoms with E-state index in [1.165, 1.54) is 5.56 Å². The third-order valence-electron chi connectivity index (χ3n) is 2.04. The maximum Gasteiger partial charge on any atom is 0.158 e. The van der Waals surface area contributed by atoms with Crippen molar-refractivity contribution in [1.29, 1.82) is 0 Å². The minimum atomic E-state index is -0.0924. The van der Waals surface area contributed by atoms with Crippen LogP contribution in [0.25, 0.3) is 0 Å². The van der Waals surface area contributed by atoms with Crippen molar-refractivity contribution < 1.29 is 9.47 Å². The molecule has 1 rings (SSSR count). The molecule has 0 aromatic heterocycles. The summed E-state index contributed by atoms with van der Waals surface area (Å²) in [4.78, 5) is 0. The van der Waals surface area contributed by atoms with Gasteiger partial charge in [0.2, 0.25) is 0 Å². The third-order valence-corrected chi connectivity index (χ3v) is 2.04. The summed E-state index contributed by atoms with van der Waals surface area (Å²) >= 11 is 0. The summed E-state index contributed by atoms with van der Waals surface area (Å²) in [5.41, 5.74) is 1.18. The molecule has 0 heterocycles. The Morgan fingerprint density at radius 3 is 2.33 bits per heavy atom. The maximum atomic E-state index is 5.67. The van der Waals surface area contributed by atoms with E-state index in [4.69, 9.17) is 9.47 Å². The molecule has 0 aliphatic carbocycles. The second-order valence-corrected chi connectivity index (χ2v) is 3.82. The van der Waals surface area contributed by atoms with Crippen LogP contribution in [0.2, 0.25) is 0 Å². The number of rotatable bonds is 6. The van der Waals surface area contributed by atoms with Crippen LogP contribution in [0, 0.1) is 0 Å². The normalized spacial score (nSPS) is 13.1. The van der Waals surface area contributed by atoms with Crippen LogP contribution in [0.5, 0.6) is 0 Å². The van der Waals surface area contributed by atoms with Crippen molar-refractivity contribution in [3.63, 3.8) is 0 Å². The first-order chi connectivity index (χ1) is 7.22. The molecule has 1 unspecified atom stereocenters. The molecule has 1 aromatic rings. The lowest BCUT2D eigenvalue weighted by atomic mass is 10.2. The Balaban J connectivity index is 2.34. The first-order valence-corrected chi connectivity index (χ1v) is 5.53. The zero-order chi connectivity index (χ0) is 11.1. The van der Waals surface area contributed by atoms with Crippen LogP contribution < -0.4 is 0 Å². The Hall–Kier alpha value is -0.860. The molecule has 0 saturated carbocycles. The average molecular weight is 208 g/mol. The average Bonchev–Trinajstić information content (AvgIpc) is 2.25. The molecular formula is C13H20O2. The first kappa shape index (κ1) is 12.2. The van der Waals surface area contributed by atoms with Crippen molar-refractivity contribution in [1.82, 2.24) is 0 Å². The van der Waals surface area contributed by atoms with E-state index >= 15 is 0 Å². The SMILES string of the molecule is CCC(OCc1ccccc1)OC(C)C. The van der Waals surface area contributed by atoms with E-state index in [1.807, 2.05) is 32.0 Å². The van der Waals surface area contributed by atoms with E-state index in [0.29, 0.717) is 6.61 Å². The molecule has 15 heavy (non-hydrogen) atoms. The van der Waals surface area contributed by atoms with E-state index in [9.17, 15) is 0 Å². The van der Waals surface area contributed by atoms with Crippen LogP contribution in [0.1, 0.15) is 32.8 Å². The molecular weight excluding hydrogens is 188 g/mol. The number of hydrogen-bond donors (Lipinski definition) is 0. The topological polar surface area (TPSA) is 18.5 Å². The first-order valence-electron chi connectivity index (χ1n) is 5.53. The van der Waals surface area contributed by atoms with Crippen molar-refractivity contribution in [2.75, 3.05) is 0 Å². The van der Waals surface area contributed by atoms with Gasteiger partial charge in [0, 0.05) is 0 Å². The second-order valence-electron chi connectivity index (χ2n) is 3.82. The zero-order valence-electron chi connectivity index (χ0n) is 9.77. The second kappa shape index (κ2) is 6.59. The van der Waals surface area contributed by atoms with E-state index in [-0.39, 0.29) is 12.4 Å². The summed E-state index contributed by atoms with van der Waals surface area (Å²) in [6.07, 6.45) is 1.00. The van der Waals surface area contributed by atoms with Crippen LogP contribution in [0.15, 0.2) is 30.3 Å². The lowest BCUT2D eigenvalue weighted by Crippen LogP contribution is -2.20. The molecule has 0 fully saturated rings. The van der Waals surface area contributed by atoms with Crippen molar-refractivity contribution in [2.45, 2.75) is 46.2 Å². The van der Waals surface area contributed by atoms with Crippen LogP contribution >= 0.6 is 0 Å². The smallest absolute Gasteiger partial charge is 0.158 e. The quantitative estimate of drug-likeness (QED) is 0.667. The Kier molecular flexibility index (Phi) is 5.37. The number of ether oxygens (including phenoxy) is 2.